The molecule has 1 aromatic carbocycles. The Bertz CT molecular complexity index is 840. The number of amides is 1. The maximum atomic E-state index is 12.2. The zero-order valence-corrected chi connectivity index (χ0v) is 12.4. The van der Waals surface area contributed by atoms with Gasteiger partial charge in [-0.3, -0.25) is 4.79 Å². The number of aromatic carboxylic acids is 1. The molecule has 0 aliphatic rings. The molecule has 23 heavy (non-hydrogen) atoms. The molecular formula is C16H10ClN3O3. The number of hydrogen-bond acceptors (Lipinski definition) is 4. The normalized spacial score (nSPS) is 10.7. The summed E-state index contributed by atoms with van der Waals surface area (Å²) in [5.74, 6) is -1.92. The van der Waals surface area contributed by atoms with Crippen molar-refractivity contribution < 1.29 is 14.7 Å². The lowest BCUT2D eigenvalue weighted by Crippen LogP contribution is -2.16. The molecule has 0 aliphatic heterocycles. The van der Waals surface area contributed by atoms with Gasteiger partial charge in [-0.15, -0.1) is 0 Å². The van der Waals surface area contributed by atoms with Gasteiger partial charge in [0.15, 0.2) is 0 Å². The Morgan fingerprint density at radius 1 is 1.26 bits per heavy atom. The third-order valence-corrected chi connectivity index (χ3v) is 3.17. The van der Waals surface area contributed by atoms with Crippen LogP contribution in [0.1, 0.15) is 15.9 Å². The van der Waals surface area contributed by atoms with Crippen LogP contribution < -0.4 is 5.32 Å². The lowest BCUT2D eigenvalue weighted by Gasteiger charge is -2.07. The predicted octanol–water partition coefficient (Wildman–Crippen LogP) is 2.98. The lowest BCUT2D eigenvalue weighted by atomic mass is 10.1. The molecule has 114 valence electrons. The number of pyridine rings is 1. The van der Waals surface area contributed by atoms with E-state index >= 15 is 0 Å². The van der Waals surface area contributed by atoms with E-state index in [9.17, 15) is 9.59 Å². The minimum absolute atomic E-state index is 0.0717. The molecule has 0 atom stereocenters. The minimum Gasteiger partial charge on any atom is -0.478 e. The molecular weight excluding hydrogens is 318 g/mol. The second-order valence-corrected chi connectivity index (χ2v) is 4.72. The van der Waals surface area contributed by atoms with E-state index in [1.165, 1.54) is 30.5 Å². The molecule has 1 amide bonds. The van der Waals surface area contributed by atoms with E-state index in [2.05, 4.69) is 10.3 Å². The van der Waals surface area contributed by atoms with Gasteiger partial charge < -0.3 is 10.4 Å². The van der Waals surface area contributed by atoms with Crippen molar-refractivity contribution >= 4 is 35.2 Å². The Labute approximate surface area is 136 Å². The SMILES string of the molecule is N#C/C(=C\c1cccnc1Cl)C(=O)Nc1ccccc1C(=O)O. The maximum absolute atomic E-state index is 12.2. The quantitative estimate of drug-likeness (QED) is 0.510. The monoisotopic (exact) mass is 327 g/mol. The van der Waals surface area contributed by atoms with Gasteiger partial charge in [-0.25, -0.2) is 9.78 Å². The average Bonchev–Trinajstić information content (AvgIpc) is 2.54. The van der Waals surface area contributed by atoms with E-state index in [0.29, 0.717) is 5.56 Å². The number of nitrogens with zero attached hydrogens (tertiary/aromatic N) is 2. The Kier molecular flexibility index (Phi) is 5.07. The van der Waals surface area contributed by atoms with E-state index in [1.807, 2.05) is 0 Å². The fourth-order valence-electron chi connectivity index (χ4n) is 1.78. The van der Waals surface area contributed by atoms with Gasteiger partial charge in [-0.1, -0.05) is 29.8 Å². The maximum Gasteiger partial charge on any atom is 0.337 e. The molecule has 2 rings (SSSR count). The summed E-state index contributed by atoms with van der Waals surface area (Å²) >= 11 is 5.88. The summed E-state index contributed by atoms with van der Waals surface area (Å²) in [7, 11) is 0. The van der Waals surface area contributed by atoms with Gasteiger partial charge in [0.05, 0.1) is 11.3 Å². The number of aromatic nitrogens is 1. The molecule has 2 aromatic rings. The van der Waals surface area contributed by atoms with E-state index < -0.39 is 11.9 Å². The number of nitrogens with one attached hydrogen (secondary N) is 1. The van der Waals surface area contributed by atoms with Gasteiger partial charge in [0, 0.05) is 11.8 Å². The number of para-hydroxylation sites is 1. The van der Waals surface area contributed by atoms with Crippen molar-refractivity contribution in [1.29, 1.82) is 5.26 Å². The van der Waals surface area contributed by atoms with Crippen molar-refractivity contribution in [2.45, 2.75) is 0 Å². The topological polar surface area (TPSA) is 103 Å². The van der Waals surface area contributed by atoms with Crippen LogP contribution in [0, 0.1) is 11.3 Å². The molecule has 0 bridgehead atoms. The molecule has 1 aromatic heterocycles. The van der Waals surface area contributed by atoms with E-state index in [-0.39, 0.29) is 22.0 Å². The fourth-order valence-corrected chi connectivity index (χ4v) is 1.95. The first-order chi connectivity index (χ1) is 11.0. The van der Waals surface area contributed by atoms with Gasteiger partial charge in [0.25, 0.3) is 5.91 Å². The summed E-state index contributed by atoms with van der Waals surface area (Å²) in [5, 5.41) is 20.8. The van der Waals surface area contributed by atoms with Crippen LogP contribution >= 0.6 is 11.6 Å². The third-order valence-electron chi connectivity index (χ3n) is 2.86. The number of carbonyl (C=O) groups is 2. The number of rotatable bonds is 4. The smallest absolute Gasteiger partial charge is 0.337 e. The first kappa shape index (κ1) is 16.2. The Balaban J connectivity index is 2.31. The van der Waals surface area contributed by atoms with Crippen molar-refractivity contribution in [2.24, 2.45) is 0 Å². The van der Waals surface area contributed by atoms with Crippen LogP contribution in [0.5, 0.6) is 0 Å². The Hall–Kier alpha value is -3.17. The molecule has 0 aliphatic carbocycles. The molecule has 2 N–H and O–H groups in total. The van der Waals surface area contributed by atoms with Crippen LogP contribution in [0.3, 0.4) is 0 Å². The molecule has 6 nitrogen and oxygen atoms in total. The second-order valence-electron chi connectivity index (χ2n) is 4.36. The molecule has 7 heteroatoms. The summed E-state index contributed by atoms with van der Waals surface area (Å²) in [4.78, 5) is 27.1. The zero-order valence-electron chi connectivity index (χ0n) is 11.7. The number of carboxylic acids is 1. The van der Waals surface area contributed by atoms with Crippen molar-refractivity contribution in [2.75, 3.05) is 5.32 Å². The number of halogens is 1. The number of carboxylic acid groups (broad SMARTS) is 1. The predicted molar refractivity (Wildman–Crippen MR) is 84.9 cm³/mol. The van der Waals surface area contributed by atoms with Crippen molar-refractivity contribution in [3.05, 3.63) is 64.4 Å². The summed E-state index contributed by atoms with van der Waals surface area (Å²) in [6.07, 6.45) is 2.77. The number of benzene rings is 1. The fraction of sp³-hybridized carbons (Fsp3) is 0. The number of nitriles is 1. The second kappa shape index (κ2) is 7.20. The van der Waals surface area contributed by atoms with E-state index in [1.54, 1.807) is 24.3 Å². The Morgan fingerprint density at radius 2 is 2.00 bits per heavy atom. The highest BCUT2D eigenvalue weighted by Crippen LogP contribution is 2.18. The number of carbonyl (C=O) groups excluding carboxylic acids is 1. The first-order valence-electron chi connectivity index (χ1n) is 6.39. The lowest BCUT2D eigenvalue weighted by molar-refractivity contribution is -0.112. The van der Waals surface area contributed by atoms with Crippen LogP contribution in [-0.4, -0.2) is 22.0 Å². The molecule has 0 saturated carbocycles. The van der Waals surface area contributed by atoms with Crippen LogP contribution in [0.4, 0.5) is 5.69 Å². The molecule has 0 unspecified atom stereocenters. The van der Waals surface area contributed by atoms with Crippen LogP contribution in [0.2, 0.25) is 5.15 Å². The van der Waals surface area contributed by atoms with Gasteiger partial charge in [0.2, 0.25) is 0 Å². The van der Waals surface area contributed by atoms with E-state index in [4.69, 9.17) is 22.0 Å². The highest BCUT2D eigenvalue weighted by Gasteiger charge is 2.15. The van der Waals surface area contributed by atoms with Crippen LogP contribution in [-0.2, 0) is 4.79 Å². The standard InChI is InChI=1S/C16H10ClN3O3/c17-14-10(4-3-7-19-14)8-11(9-18)15(21)20-13-6-2-1-5-12(13)16(22)23/h1-8H,(H,20,21)(H,22,23)/b11-8+. The molecule has 0 radical (unpaired) electrons. The molecule has 0 fully saturated rings. The Morgan fingerprint density at radius 3 is 2.65 bits per heavy atom. The van der Waals surface area contributed by atoms with E-state index in [0.717, 1.165) is 0 Å². The van der Waals surface area contributed by atoms with Crippen LogP contribution in [0.15, 0.2) is 48.2 Å². The third kappa shape index (κ3) is 3.93. The average molecular weight is 328 g/mol. The summed E-state index contributed by atoms with van der Waals surface area (Å²) < 4.78 is 0. The molecule has 1 heterocycles. The molecule has 0 saturated heterocycles. The summed E-state index contributed by atoms with van der Waals surface area (Å²) in [5.41, 5.74) is 0.216. The van der Waals surface area contributed by atoms with Gasteiger partial charge in [0.1, 0.15) is 16.8 Å². The van der Waals surface area contributed by atoms with Gasteiger partial charge in [-0.05, 0) is 24.3 Å². The van der Waals surface area contributed by atoms with Crippen molar-refractivity contribution in [3.63, 3.8) is 0 Å². The summed E-state index contributed by atoms with van der Waals surface area (Å²) in [6.45, 7) is 0. The largest absolute Gasteiger partial charge is 0.478 e. The first-order valence-corrected chi connectivity index (χ1v) is 6.76. The van der Waals surface area contributed by atoms with Crippen molar-refractivity contribution in [3.8, 4) is 6.07 Å². The number of anilines is 1. The molecule has 0 spiro atoms. The van der Waals surface area contributed by atoms with Crippen LogP contribution in [0.25, 0.3) is 6.08 Å². The van der Waals surface area contributed by atoms with Crippen molar-refractivity contribution in [1.82, 2.24) is 4.98 Å². The minimum atomic E-state index is -1.18. The highest BCUT2D eigenvalue weighted by molar-refractivity contribution is 6.31. The highest BCUT2D eigenvalue weighted by atomic mass is 35.5. The number of hydrogen-bond donors (Lipinski definition) is 2. The van der Waals surface area contributed by atoms with Gasteiger partial charge in [-0.2, -0.15) is 5.26 Å². The van der Waals surface area contributed by atoms with Gasteiger partial charge >= 0.3 is 5.97 Å². The zero-order chi connectivity index (χ0) is 16.8. The summed E-state index contributed by atoms with van der Waals surface area (Å²) in [6, 6.07) is 10.9.